The molecule has 23 heavy (non-hydrogen) atoms. The predicted molar refractivity (Wildman–Crippen MR) is 88.3 cm³/mol. The smallest absolute Gasteiger partial charge is 0.407 e. The van der Waals surface area contributed by atoms with Gasteiger partial charge in [-0.1, -0.05) is 6.58 Å². The fourth-order valence-corrected chi connectivity index (χ4v) is 2.19. The van der Waals surface area contributed by atoms with Crippen molar-refractivity contribution in [3.8, 4) is 0 Å². The second-order valence-corrected chi connectivity index (χ2v) is 6.26. The molecule has 1 amide bonds. The van der Waals surface area contributed by atoms with E-state index in [2.05, 4.69) is 11.9 Å². The Morgan fingerprint density at radius 2 is 1.83 bits per heavy atom. The number of carbonyl (C=O) groups excluding carboxylic acids is 3. The highest BCUT2D eigenvalue weighted by molar-refractivity contribution is 7.98. The Hall–Kier alpha value is -1.70. The molecule has 0 atom stereocenters. The summed E-state index contributed by atoms with van der Waals surface area (Å²) in [5.74, 6) is -0.258. The van der Waals surface area contributed by atoms with Gasteiger partial charge in [0.25, 0.3) is 0 Å². The minimum Gasteiger partial charge on any atom is -0.460 e. The van der Waals surface area contributed by atoms with Crippen molar-refractivity contribution >= 4 is 29.8 Å². The van der Waals surface area contributed by atoms with Crippen molar-refractivity contribution in [1.29, 1.82) is 0 Å². The number of carbonyl (C=O) groups is 3. The Bertz CT molecular complexity index is 436. The molecule has 0 saturated heterocycles. The molecular weight excluding hydrogens is 322 g/mol. The molecule has 8 heteroatoms. The van der Waals surface area contributed by atoms with Crippen LogP contribution in [0.25, 0.3) is 0 Å². The van der Waals surface area contributed by atoms with E-state index in [1.165, 1.54) is 6.92 Å². The number of hydrogen-bond acceptors (Lipinski definition) is 7. The molecule has 0 aliphatic heterocycles. The van der Waals surface area contributed by atoms with E-state index in [4.69, 9.17) is 14.2 Å². The minimum atomic E-state index is -0.687. The molecule has 0 aliphatic rings. The predicted octanol–water partition coefficient (Wildman–Crippen LogP) is 1.91. The molecule has 0 fully saturated rings. The normalized spacial score (nSPS) is 10.6. The maximum Gasteiger partial charge on any atom is 0.407 e. The van der Waals surface area contributed by atoms with Crippen LogP contribution in [0.3, 0.4) is 0 Å². The lowest BCUT2D eigenvalue weighted by molar-refractivity contribution is -0.155. The van der Waals surface area contributed by atoms with E-state index in [9.17, 15) is 14.4 Å². The van der Waals surface area contributed by atoms with Crippen LogP contribution >= 0.6 is 11.8 Å². The van der Waals surface area contributed by atoms with E-state index in [0.717, 1.165) is 0 Å². The fourth-order valence-electron chi connectivity index (χ4n) is 1.43. The third-order valence-electron chi connectivity index (χ3n) is 2.37. The van der Waals surface area contributed by atoms with Gasteiger partial charge >= 0.3 is 18.0 Å². The van der Waals surface area contributed by atoms with Gasteiger partial charge in [-0.25, -0.2) is 9.59 Å². The zero-order chi connectivity index (χ0) is 17.9. The van der Waals surface area contributed by atoms with Crippen molar-refractivity contribution < 1.29 is 28.6 Å². The molecule has 0 aliphatic carbocycles. The molecule has 0 unspecified atom stereocenters. The molecule has 0 bridgehead atoms. The molecule has 0 heterocycles. The zero-order valence-electron chi connectivity index (χ0n) is 14.1. The topological polar surface area (TPSA) is 90.9 Å². The average Bonchev–Trinajstić information content (AvgIpc) is 2.42. The third kappa shape index (κ3) is 11.5. The zero-order valence-corrected chi connectivity index (χ0v) is 14.9. The summed E-state index contributed by atoms with van der Waals surface area (Å²) >= 11 is 1.58. The van der Waals surface area contributed by atoms with Gasteiger partial charge in [0, 0.05) is 11.3 Å². The second kappa shape index (κ2) is 10.9. The molecule has 0 spiro atoms. The number of esters is 2. The standard InChI is InChI=1S/C15H25NO6S/c1-11(2)13(18)20-9-7-16-14(19)21-8-6-12(17)22-15(3,4)10-23-5/h1,6-10H2,2-5H3,(H,16,19). The molecule has 0 aromatic rings. The van der Waals surface area contributed by atoms with Gasteiger partial charge in [0.05, 0.1) is 13.0 Å². The van der Waals surface area contributed by atoms with Crippen LogP contribution in [0.15, 0.2) is 12.2 Å². The number of thioether (sulfide) groups is 1. The van der Waals surface area contributed by atoms with Crippen LogP contribution in [-0.2, 0) is 23.8 Å². The average molecular weight is 347 g/mol. The highest BCUT2D eigenvalue weighted by Crippen LogP contribution is 2.15. The van der Waals surface area contributed by atoms with Gasteiger partial charge in [0.1, 0.15) is 18.8 Å². The SMILES string of the molecule is C=C(C)C(=O)OCCNC(=O)OCCC(=O)OC(C)(C)CSC. The minimum absolute atomic E-state index is 0.0180. The molecule has 0 aromatic heterocycles. The first-order valence-corrected chi connectivity index (χ1v) is 8.51. The fraction of sp³-hybridized carbons (Fsp3) is 0.667. The number of ether oxygens (including phenoxy) is 3. The van der Waals surface area contributed by atoms with Crippen LogP contribution in [0, 0.1) is 0 Å². The number of amides is 1. The van der Waals surface area contributed by atoms with E-state index >= 15 is 0 Å². The first kappa shape index (κ1) is 21.3. The van der Waals surface area contributed by atoms with Crippen LogP contribution in [0.5, 0.6) is 0 Å². The highest BCUT2D eigenvalue weighted by Gasteiger charge is 2.22. The lowest BCUT2D eigenvalue weighted by Gasteiger charge is -2.24. The van der Waals surface area contributed by atoms with Crippen molar-refractivity contribution in [2.75, 3.05) is 31.8 Å². The van der Waals surface area contributed by atoms with Crippen molar-refractivity contribution in [3.05, 3.63) is 12.2 Å². The molecule has 1 N–H and O–H groups in total. The number of nitrogens with one attached hydrogen (secondary N) is 1. The summed E-state index contributed by atoms with van der Waals surface area (Å²) in [5, 5.41) is 2.40. The Morgan fingerprint density at radius 1 is 1.17 bits per heavy atom. The number of rotatable bonds is 10. The first-order chi connectivity index (χ1) is 10.7. The van der Waals surface area contributed by atoms with Gasteiger partial charge in [-0.2, -0.15) is 11.8 Å². The summed E-state index contributed by atoms with van der Waals surface area (Å²) < 4.78 is 14.9. The van der Waals surface area contributed by atoms with Gasteiger partial charge in [0.2, 0.25) is 0 Å². The van der Waals surface area contributed by atoms with E-state index in [-0.39, 0.29) is 31.8 Å². The lowest BCUT2D eigenvalue weighted by atomic mass is 10.2. The van der Waals surface area contributed by atoms with Gasteiger partial charge in [-0.3, -0.25) is 4.79 Å². The second-order valence-electron chi connectivity index (χ2n) is 5.40. The maximum absolute atomic E-state index is 11.6. The van der Waals surface area contributed by atoms with Crippen molar-refractivity contribution in [2.24, 2.45) is 0 Å². The quantitative estimate of drug-likeness (QED) is 0.279. The van der Waals surface area contributed by atoms with E-state index in [1.54, 1.807) is 11.8 Å². The van der Waals surface area contributed by atoms with Crippen LogP contribution < -0.4 is 5.32 Å². The monoisotopic (exact) mass is 347 g/mol. The van der Waals surface area contributed by atoms with Gasteiger partial charge in [0.15, 0.2) is 0 Å². The van der Waals surface area contributed by atoms with Crippen LogP contribution in [0.1, 0.15) is 27.2 Å². The van der Waals surface area contributed by atoms with E-state index in [0.29, 0.717) is 5.75 Å². The Kier molecular flexibility index (Phi) is 10.1. The molecular formula is C15H25NO6S. The lowest BCUT2D eigenvalue weighted by Crippen LogP contribution is -2.32. The van der Waals surface area contributed by atoms with Crippen LogP contribution in [0.2, 0.25) is 0 Å². The highest BCUT2D eigenvalue weighted by atomic mass is 32.2. The van der Waals surface area contributed by atoms with E-state index in [1.807, 2.05) is 20.1 Å². The number of hydrogen-bond donors (Lipinski definition) is 1. The van der Waals surface area contributed by atoms with Crippen molar-refractivity contribution in [2.45, 2.75) is 32.8 Å². The molecule has 0 rings (SSSR count). The molecule has 0 radical (unpaired) electrons. The van der Waals surface area contributed by atoms with Crippen molar-refractivity contribution in [3.63, 3.8) is 0 Å². The third-order valence-corrected chi connectivity index (χ3v) is 3.36. The van der Waals surface area contributed by atoms with Gasteiger partial charge in [-0.05, 0) is 27.0 Å². The van der Waals surface area contributed by atoms with E-state index < -0.39 is 23.6 Å². The molecule has 0 saturated carbocycles. The summed E-state index contributed by atoms with van der Waals surface area (Å²) in [6.45, 7) is 8.66. The largest absolute Gasteiger partial charge is 0.460 e. The summed E-state index contributed by atoms with van der Waals surface area (Å²) in [5.41, 5.74) is -0.262. The summed E-state index contributed by atoms with van der Waals surface area (Å²) in [4.78, 5) is 34.0. The molecule has 132 valence electrons. The van der Waals surface area contributed by atoms with Gasteiger partial charge in [-0.15, -0.1) is 0 Å². The molecule has 7 nitrogen and oxygen atoms in total. The Labute approximate surface area is 141 Å². The van der Waals surface area contributed by atoms with Crippen molar-refractivity contribution in [1.82, 2.24) is 5.32 Å². The van der Waals surface area contributed by atoms with Crippen LogP contribution in [0.4, 0.5) is 4.79 Å². The maximum atomic E-state index is 11.6. The molecule has 0 aromatic carbocycles. The van der Waals surface area contributed by atoms with Crippen LogP contribution in [-0.4, -0.2) is 55.4 Å². The first-order valence-electron chi connectivity index (χ1n) is 7.12. The number of alkyl carbamates (subject to hydrolysis) is 1. The van der Waals surface area contributed by atoms with Gasteiger partial charge < -0.3 is 19.5 Å². The summed E-state index contributed by atoms with van der Waals surface area (Å²) in [7, 11) is 0. The summed E-state index contributed by atoms with van der Waals surface area (Å²) in [6.07, 6.45) is 1.22. The Morgan fingerprint density at radius 3 is 2.39 bits per heavy atom. The summed E-state index contributed by atoms with van der Waals surface area (Å²) in [6, 6.07) is 0. The Balaban J connectivity index is 3.76.